The Balaban J connectivity index is 1.02. The maximum Gasteiger partial charge on any atom is 0.355 e. The largest absolute Gasteiger partial charge is 0.484 e. The van der Waals surface area contributed by atoms with E-state index < -0.39 is 47.2 Å². The summed E-state index contributed by atoms with van der Waals surface area (Å²) in [4.78, 5) is 88.2. The summed E-state index contributed by atoms with van der Waals surface area (Å²) >= 11 is 0. The monoisotopic (exact) mass is 819 g/mol. The van der Waals surface area contributed by atoms with Gasteiger partial charge < -0.3 is 29.4 Å². The fraction of sp³-hybridized carbons (Fsp3) is 0.511. The lowest BCUT2D eigenvalue weighted by Gasteiger charge is -2.52. The van der Waals surface area contributed by atoms with Crippen LogP contribution >= 0.6 is 0 Å². The number of rotatable bonds is 9. The molecule has 2 N–H and O–H groups in total. The van der Waals surface area contributed by atoms with Gasteiger partial charge in [-0.25, -0.2) is 14.7 Å². The van der Waals surface area contributed by atoms with Crippen LogP contribution in [0.25, 0.3) is 0 Å². The number of piperidine rings is 1. The zero-order chi connectivity index (χ0) is 41.4. The van der Waals surface area contributed by atoms with Gasteiger partial charge in [-0.3, -0.25) is 24.4 Å². The van der Waals surface area contributed by atoms with Gasteiger partial charge in [0.25, 0.3) is 17.7 Å². The number of unbranched alkanes of at least 4 members (excludes halogenated alkanes) is 1. The van der Waals surface area contributed by atoms with Crippen molar-refractivity contribution in [3.63, 3.8) is 0 Å². The topological polar surface area (TPSA) is 175 Å². The van der Waals surface area contributed by atoms with E-state index in [0.29, 0.717) is 15.7 Å². The summed E-state index contributed by atoms with van der Waals surface area (Å²) in [6, 6.07) is 5.89. The third-order valence-electron chi connectivity index (χ3n) is 13.7. The van der Waals surface area contributed by atoms with Crippen molar-refractivity contribution in [2.24, 2.45) is 5.92 Å². The van der Waals surface area contributed by atoms with Gasteiger partial charge in [0.05, 0.1) is 11.5 Å². The highest BCUT2D eigenvalue weighted by atomic mass is 16.7. The molecule has 60 heavy (non-hydrogen) atoms. The zero-order valence-electron chi connectivity index (χ0n) is 33.8. The lowest BCUT2D eigenvalue weighted by Crippen LogP contribution is -2.53. The zero-order valence-corrected chi connectivity index (χ0v) is 33.8. The minimum Gasteiger partial charge on any atom is -0.484 e. The van der Waals surface area contributed by atoms with Gasteiger partial charge in [-0.2, -0.15) is 0 Å². The Morgan fingerprint density at radius 2 is 1.65 bits per heavy atom. The van der Waals surface area contributed by atoms with Crippen LogP contribution in [-0.4, -0.2) is 101 Å². The number of nitrogens with one attached hydrogen (secondary N) is 1. The Hall–Kier alpha value is -5.70. The number of hydrogen-bond acceptors (Lipinski definition) is 12. The van der Waals surface area contributed by atoms with Crippen molar-refractivity contribution in [2.45, 2.75) is 108 Å². The fourth-order valence-corrected chi connectivity index (χ4v) is 11.0. The van der Waals surface area contributed by atoms with Crippen LogP contribution in [0.15, 0.2) is 47.2 Å². The number of carbonyl (C=O) groups is 6. The number of hydroxylamine groups is 4. The molecule has 0 aromatic heterocycles. The first-order valence-electron chi connectivity index (χ1n) is 21.6. The van der Waals surface area contributed by atoms with E-state index in [1.807, 2.05) is 6.07 Å². The molecule has 1 spiro atoms. The summed E-state index contributed by atoms with van der Waals surface area (Å²) in [6.07, 6.45) is 10.1. The van der Waals surface area contributed by atoms with Crippen LogP contribution in [0.4, 0.5) is 5.69 Å². The van der Waals surface area contributed by atoms with Crippen LogP contribution in [0, 0.1) is 5.92 Å². The highest BCUT2D eigenvalue weighted by Gasteiger charge is 2.61. The molecule has 0 bridgehead atoms. The molecular weight excluding hydrogens is 771 g/mol. The minimum atomic E-state index is -1.30. The van der Waals surface area contributed by atoms with Crippen molar-refractivity contribution in [3.05, 3.63) is 80.6 Å². The van der Waals surface area contributed by atoms with E-state index in [1.165, 1.54) is 46.6 Å². The maximum atomic E-state index is 14.4. The summed E-state index contributed by atoms with van der Waals surface area (Å²) in [7, 11) is 0. The van der Waals surface area contributed by atoms with Crippen molar-refractivity contribution >= 4 is 41.3 Å². The Morgan fingerprint density at radius 1 is 0.917 bits per heavy atom. The first-order valence-corrected chi connectivity index (χ1v) is 21.6. The molecule has 0 saturated carbocycles. The van der Waals surface area contributed by atoms with E-state index in [1.54, 1.807) is 6.07 Å². The highest BCUT2D eigenvalue weighted by Crippen LogP contribution is 2.61. The Kier molecular flexibility index (Phi) is 9.49. The molecule has 1 aliphatic carbocycles. The van der Waals surface area contributed by atoms with Crippen molar-refractivity contribution in [3.8, 4) is 5.75 Å². The molecular formula is C45H49N5O10. The van der Waals surface area contributed by atoms with Gasteiger partial charge >= 0.3 is 11.9 Å². The van der Waals surface area contributed by atoms with Crippen LogP contribution < -0.4 is 15.0 Å². The van der Waals surface area contributed by atoms with Crippen molar-refractivity contribution in [2.75, 3.05) is 37.6 Å². The number of anilines is 1. The van der Waals surface area contributed by atoms with Gasteiger partial charge in [0, 0.05) is 86.1 Å². The van der Waals surface area contributed by atoms with Gasteiger partial charge in [0.2, 0.25) is 5.91 Å². The predicted octanol–water partition coefficient (Wildman–Crippen LogP) is 4.37. The number of fused-ring (bicyclic) bond motifs is 8. The number of aryl methyl sites for hydroxylation is 1. The third kappa shape index (κ3) is 6.09. The van der Waals surface area contributed by atoms with Gasteiger partial charge in [0.1, 0.15) is 17.9 Å². The van der Waals surface area contributed by atoms with Crippen LogP contribution in [-0.2, 0) is 47.2 Å². The molecule has 0 radical (unpaired) electrons. The minimum absolute atomic E-state index is 0.00502. The second kappa shape index (κ2) is 14.8. The van der Waals surface area contributed by atoms with Crippen molar-refractivity contribution < 1.29 is 48.3 Å². The standard InChI is InChI=1S/C45H49N5O10/c1-25(51)49(57)21-3-2-12-35(44(56)60-50-36(52)15-16-37(50)53)46-42(54)28-13-14-32-31(22-28)43(55)59-45(32)33-23-26-8-4-17-47-19-6-10-29(38(26)47)40(33)58-41-30-11-7-20-48-18-5-9-27(39(30)48)24-34(41)45/h13-14,22-24,33,35,40,57H,2-12,15-21H2,1H3,(H,46,54)/t33?,35-,40?,45?/m0/s1. The molecule has 4 amide bonds. The summed E-state index contributed by atoms with van der Waals surface area (Å²) < 4.78 is 14.1. The van der Waals surface area contributed by atoms with E-state index in [9.17, 15) is 34.0 Å². The number of ether oxygens (including phenoxy) is 2. The van der Waals surface area contributed by atoms with E-state index in [0.717, 1.165) is 88.9 Å². The number of amides is 4. The van der Waals surface area contributed by atoms with E-state index in [2.05, 4.69) is 27.3 Å². The first-order chi connectivity index (χ1) is 29.0. The Morgan fingerprint density at radius 3 is 2.43 bits per heavy atom. The molecule has 10 rings (SSSR count). The molecule has 2 fully saturated rings. The van der Waals surface area contributed by atoms with Crippen molar-refractivity contribution in [1.29, 1.82) is 0 Å². The summed E-state index contributed by atoms with van der Waals surface area (Å²) in [5.41, 5.74) is 8.23. The molecule has 8 aliphatic rings. The third-order valence-corrected chi connectivity index (χ3v) is 13.7. The van der Waals surface area contributed by atoms with Gasteiger partial charge in [0.15, 0.2) is 5.60 Å². The van der Waals surface area contributed by atoms with Gasteiger partial charge in [-0.1, -0.05) is 12.1 Å². The summed E-state index contributed by atoms with van der Waals surface area (Å²) in [5, 5.41) is 13.5. The molecule has 15 nitrogen and oxygen atoms in total. The second-order valence-electron chi connectivity index (χ2n) is 17.3. The molecule has 2 saturated heterocycles. The normalized spacial score (nSPS) is 25.0. The first kappa shape index (κ1) is 38.5. The smallest absolute Gasteiger partial charge is 0.355 e. The number of benzene rings is 2. The van der Waals surface area contributed by atoms with Crippen LogP contribution in [0.2, 0.25) is 0 Å². The van der Waals surface area contributed by atoms with E-state index >= 15 is 0 Å². The fourth-order valence-electron chi connectivity index (χ4n) is 11.0. The second-order valence-corrected chi connectivity index (χ2v) is 17.3. The molecule has 314 valence electrons. The van der Waals surface area contributed by atoms with Crippen molar-refractivity contribution in [1.82, 2.24) is 20.3 Å². The lowest BCUT2D eigenvalue weighted by molar-refractivity contribution is -0.199. The maximum absolute atomic E-state index is 14.4. The molecule has 3 unspecified atom stereocenters. The average molecular weight is 820 g/mol. The molecule has 4 atom stereocenters. The number of esters is 1. The molecule has 2 aromatic rings. The van der Waals surface area contributed by atoms with Gasteiger partial charge in [-0.15, -0.1) is 5.06 Å². The molecule has 7 aliphatic heterocycles. The van der Waals surface area contributed by atoms with E-state index in [-0.39, 0.29) is 61.8 Å². The highest BCUT2D eigenvalue weighted by molar-refractivity contribution is 6.03. The SMILES string of the molecule is CC(=O)N(O)CCCC[C@H](NC(=O)c1ccc2c(c1)C(=O)OC21c2cc3c4c(c2OC2C5=C6C(=CC21)CCCN6CCC5)CCCN4CCC3)C(=O)ON1C(=O)CCC1=O. The summed E-state index contributed by atoms with van der Waals surface area (Å²) in [6.45, 7) is 5.25. The number of allylic oxidation sites excluding steroid dienone is 1. The number of nitrogens with zero attached hydrogens (tertiary/aromatic N) is 4. The number of hydrogen-bond donors (Lipinski definition) is 2. The Labute approximate surface area is 347 Å². The molecule has 7 heterocycles. The average Bonchev–Trinajstić information content (AvgIpc) is 3.73. The van der Waals surface area contributed by atoms with Crippen LogP contribution in [0.5, 0.6) is 5.75 Å². The number of imide groups is 1. The van der Waals surface area contributed by atoms with E-state index in [4.69, 9.17) is 14.3 Å². The summed E-state index contributed by atoms with van der Waals surface area (Å²) in [5.74, 6) is -3.64. The van der Waals surface area contributed by atoms with Gasteiger partial charge in [-0.05, 0) is 106 Å². The quantitative estimate of drug-likeness (QED) is 0.120. The number of carbonyl (C=O) groups excluding carboxylic acids is 6. The van der Waals surface area contributed by atoms with Crippen LogP contribution in [0.3, 0.4) is 0 Å². The molecule has 15 heteroatoms. The van der Waals surface area contributed by atoms with Crippen LogP contribution in [0.1, 0.15) is 121 Å². The molecule has 2 aromatic carbocycles. The predicted molar refractivity (Wildman–Crippen MR) is 212 cm³/mol. The Bertz CT molecular complexity index is 2300. The lowest BCUT2D eigenvalue weighted by atomic mass is 9.64.